The Balaban J connectivity index is 2.45. The lowest BCUT2D eigenvalue weighted by atomic mass is 10.7. The van der Waals surface area contributed by atoms with E-state index in [0.29, 0.717) is 0 Å². The third kappa shape index (κ3) is 1.43. The van der Waals surface area contributed by atoms with Crippen LogP contribution in [0, 0.1) is 0 Å². The summed E-state index contributed by atoms with van der Waals surface area (Å²) in [6.07, 6.45) is 4.14. The number of hydrogen-bond donors (Lipinski definition) is 0. The summed E-state index contributed by atoms with van der Waals surface area (Å²) in [5.74, 6) is 0. The van der Waals surface area contributed by atoms with Crippen molar-refractivity contribution in [1.29, 1.82) is 0 Å². The molecule has 0 aromatic heterocycles. The fourth-order valence-corrected chi connectivity index (χ4v) is 1.15. The zero-order chi connectivity index (χ0) is 5.28. The van der Waals surface area contributed by atoms with Gasteiger partial charge in [-0.1, -0.05) is 0 Å². The van der Waals surface area contributed by atoms with Gasteiger partial charge in [-0.3, -0.25) is 0 Å². The quantitative estimate of drug-likeness (QED) is 0.495. The third-order valence-electron chi connectivity index (χ3n) is 0.692. The van der Waals surface area contributed by atoms with Crippen LogP contribution in [-0.2, 0) is 0 Å². The van der Waals surface area contributed by atoms with Gasteiger partial charge < -0.3 is 0 Å². The first-order valence-corrected chi connectivity index (χ1v) is 3.78. The number of rotatable bonds is 0. The van der Waals surface area contributed by atoms with E-state index in [0.717, 1.165) is 6.54 Å². The predicted octanol–water partition coefficient (Wildman–Crippen LogP) is 1.73. The van der Waals surface area contributed by atoms with Crippen molar-refractivity contribution in [2.24, 2.45) is 0 Å². The fraction of sp³-hybridized carbons (Fsp3) is 0.333. The SMILES string of the molecule is IN1C=CCN1I. The Hall–Kier alpha value is 0.960. The number of hydrazine groups is 1. The van der Waals surface area contributed by atoms with Crippen LogP contribution in [0.2, 0.25) is 0 Å². The normalized spacial score (nSPS) is 21.7. The second kappa shape index (κ2) is 2.49. The van der Waals surface area contributed by atoms with Gasteiger partial charge in [0.2, 0.25) is 0 Å². The lowest BCUT2D eigenvalue weighted by molar-refractivity contribution is 0.385. The minimum Gasteiger partial charge on any atom is -0.244 e. The molecule has 1 aliphatic heterocycles. The van der Waals surface area contributed by atoms with Gasteiger partial charge in [0.05, 0.1) is 22.9 Å². The highest BCUT2D eigenvalue weighted by Crippen LogP contribution is 2.16. The Morgan fingerprint density at radius 1 is 1.43 bits per heavy atom. The zero-order valence-electron chi connectivity index (χ0n) is 3.51. The largest absolute Gasteiger partial charge is 0.244 e. The minimum absolute atomic E-state index is 1.03. The van der Waals surface area contributed by atoms with Crippen molar-refractivity contribution in [3.05, 3.63) is 12.3 Å². The summed E-state index contributed by atoms with van der Waals surface area (Å²) in [6.45, 7) is 1.03. The van der Waals surface area contributed by atoms with Crippen LogP contribution in [0.15, 0.2) is 12.3 Å². The van der Waals surface area contributed by atoms with Crippen LogP contribution in [-0.4, -0.2) is 13.0 Å². The van der Waals surface area contributed by atoms with E-state index >= 15 is 0 Å². The van der Waals surface area contributed by atoms with E-state index in [1.807, 2.05) is 9.42 Å². The van der Waals surface area contributed by atoms with Crippen LogP contribution in [0.1, 0.15) is 0 Å². The standard InChI is InChI=1S/C3H4I2N2/c4-6-2-1-3-7(6)5/h1-2H,3H2. The van der Waals surface area contributed by atoms with E-state index in [9.17, 15) is 0 Å². The van der Waals surface area contributed by atoms with Crippen molar-refractivity contribution in [2.75, 3.05) is 6.54 Å². The Morgan fingerprint density at radius 3 is 2.29 bits per heavy atom. The summed E-state index contributed by atoms with van der Waals surface area (Å²) in [5, 5.41) is 0. The molecule has 0 aliphatic carbocycles. The van der Waals surface area contributed by atoms with E-state index < -0.39 is 0 Å². The smallest absolute Gasteiger partial charge is 0.0770 e. The number of hydrogen-bond acceptors (Lipinski definition) is 2. The first-order chi connectivity index (χ1) is 3.30. The highest BCUT2D eigenvalue weighted by atomic mass is 127. The highest BCUT2D eigenvalue weighted by Gasteiger charge is 2.07. The molecule has 7 heavy (non-hydrogen) atoms. The molecule has 0 amide bonds. The molecule has 2 nitrogen and oxygen atoms in total. The van der Waals surface area contributed by atoms with Crippen molar-refractivity contribution in [3.63, 3.8) is 0 Å². The zero-order valence-corrected chi connectivity index (χ0v) is 7.83. The van der Waals surface area contributed by atoms with Crippen molar-refractivity contribution >= 4 is 45.7 Å². The summed E-state index contributed by atoms with van der Waals surface area (Å²) in [7, 11) is 0. The molecule has 1 aliphatic rings. The van der Waals surface area contributed by atoms with Crippen molar-refractivity contribution in [2.45, 2.75) is 0 Å². The van der Waals surface area contributed by atoms with Gasteiger partial charge in [0, 0.05) is 35.6 Å². The maximum atomic E-state index is 2.25. The van der Waals surface area contributed by atoms with Gasteiger partial charge >= 0.3 is 0 Å². The van der Waals surface area contributed by atoms with Gasteiger partial charge in [0.1, 0.15) is 0 Å². The van der Waals surface area contributed by atoms with E-state index in [4.69, 9.17) is 0 Å². The van der Waals surface area contributed by atoms with Crippen molar-refractivity contribution in [1.82, 2.24) is 6.44 Å². The van der Waals surface area contributed by atoms with Crippen LogP contribution in [0.25, 0.3) is 0 Å². The lowest BCUT2D eigenvalue weighted by Gasteiger charge is -2.12. The fourth-order valence-electron chi connectivity index (χ4n) is 0.371. The van der Waals surface area contributed by atoms with Crippen LogP contribution >= 0.6 is 45.7 Å². The summed E-state index contributed by atoms with van der Waals surface area (Å²) < 4.78 is 4.09. The average Bonchev–Trinajstić information content (AvgIpc) is 1.91. The molecule has 0 aromatic carbocycles. The third-order valence-corrected chi connectivity index (χ3v) is 3.22. The Kier molecular flexibility index (Phi) is 2.17. The molecular formula is C3H4I2N2. The number of halogens is 2. The molecule has 0 fully saturated rings. The average molecular weight is 322 g/mol. The summed E-state index contributed by atoms with van der Waals surface area (Å²) in [4.78, 5) is 0. The maximum Gasteiger partial charge on any atom is 0.0770 e. The van der Waals surface area contributed by atoms with Gasteiger partial charge in [0.25, 0.3) is 0 Å². The minimum atomic E-state index is 1.03. The lowest BCUT2D eigenvalue weighted by Crippen LogP contribution is -2.14. The summed E-state index contributed by atoms with van der Waals surface area (Å²) in [5.41, 5.74) is 0. The Morgan fingerprint density at radius 2 is 2.14 bits per heavy atom. The van der Waals surface area contributed by atoms with Crippen LogP contribution in [0.3, 0.4) is 0 Å². The molecule has 0 atom stereocenters. The highest BCUT2D eigenvalue weighted by molar-refractivity contribution is 14.1. The van der Waals surface area contributed by atoms with Gasteiger partial charge in [-0.05, 0) is 6.08 Å². The molecule has 4 heteroatoms. The van der Waals surface area contributed by atoms with E-state index in [-0.39, 0.29) is 0 Å². The second-order valence-electron chi connectivity index (χ2n) is 1.19. The second-order valence-corrected chi connectivity index (χ2v) is 3.29. The topological polar surface area (TPSA) is 6.48 Å². The molecule has 0 spiro atoms. The monoisotopic (exact) mass is 322 g/mol. The van der Waals surface area contributed by atoms with Crippen molar-refractivity contribution in [3.8, 4) is 0 Å². The first-order valence-electron chi connectivity index (χ1n) is 1.85. The van der Waals surface area contributed by atoms with Gasteiger partial charge in [-0.25, -0.2) is 3.22 Å². The van der Waals surface area contributed by atoms with E-state index in [1.54, 1.807) is 0 Å². The number of nitrogens with zero attached hydrogens (tertiary/aromatic N) is 2. The maximum absolute atomic E-state index is 2.25. The van der Waals surface area contributed by atoms with E-state index in [2.05, 4.69) is 55.0 Å². The Bertz CT molecular complexity index is 92.9. The first kappa shape index (κ1) is 6.09. The molecule has 0 unspecified atom stereocenters. The van der Waals surface area contributed by atoms with Gasteiger partial charge in [-0.15, -0.1) is 3.22 Å². The molecule has 0 N–H and O–H groups in total. The molecule has 1 heterocycles. The molecule has 0 radical (unpaired) electrons. The van der Waals surface area contributed by atoms with Crippen LogP contribution in [0.5, 0.6) is 0 Å². The molecule has 0 saturated heterocycles. The summed E-state index contributed by atoms with van der Waals surface area (Å²) in [6, 6.07) is 0. The molecule has 0 bridgehead atoms. The van der Waals surface area contributed by atoms with Gasteiger partial charge in [-0.2, -0.15) is 0 Å². The summed E-state index contributed by atoms with van der Waals surface area (Å²) >= 11 is 4.47. The van der Waals surface area contributed by atoms with E-state index in [1.165, 1.54) is 0 Å². The molecule has 1 rings (SSSR count). The van der Waals surface area contributed by atoms with Crippen LogP contribution < -0.4 is 0 Å². The van der Waals surface area contributed by atoms with Crippen molar-refractivity contribution < 1.29 is 0 Å². The molecule has 0 saturated carbocycles. The molecular weight excluding hydrogens is 318 g/mol. The predicted molar refractivity (Wildman–Crippen MR) is 45.7 cm³/mol. The molecule has 0 aromatic rings. The van der Waals surface area contributed by atoms with Gasteiger partial charge in [0.15, 0.2) is 0 Å². The Labute approximate surface area is 70.5 Å². The van der Waals surface area contributed by atoms with Crippen LogP contribution in [0.4, 0.5) is 0 Å². The molecule has 40 valence electrons.